The van der Waals surface area contributed by atoms with Crippen molar-refractivity contribution in [1.82, 2.24) is 5.32 Å². The molecule has 0 bridgehead atoms. The van der Waals surface area contributed by atoms with E-state index in [2.05, 4.69) is 32.2 Å². The molecule has 1 rings (SSSR count). The number of hydrogen-bond acceptors (Lipinski definition) is 3. The number of thiophene rings is 1. The second kappa shape index (κ2) is 5.89. The fourth-order valence-electron chi connectivity index (χ4n) is 1.60. The van der Waals surface area contributed by atoms with Crippen LogP contribution in [0, 0.1) is 17.2 Å². The Morgan fingerprint density at radius 3 is 2.73 bits per heavy atom. The maximum absolute atomic E-state index is 8.68. The highest BCUT2D eigenvalue weighted by Crippen LogP contribution is 2.14. The summed E-state index contributed by atoms with van der Waals surface area (Å²) in [5.74, 6) is 0.727. The first-order valence-electron chi connectivity index (χ1n) is 5.32. The highest BCUT2D eigenvalue weighted by atomic mass is 32.1. The maximum Gasteiger partial charge on any atom is 0.100 e. The van der Waals surface area contributed by atoms with E-state index in [0.29, 0.717) is 6.04 Å². The van der Waals surface area contributed by atoms with Crippen molar-refractivity contribution in [2.45, 2.75) is 39.8 Å². The second-order valence-electron chi connectivity index (χ2n) is 4.32. The predicted octanol–water partition coefficient (Wildman–Crippen LogP) is 3.14. The highest BCUT2D eigenvalue weighted by Gasteiger charge is 2.05. The van der Waals surface area contributed by atoms with Crippen LogP contribution in [0.2, 0.25) is 0 Å². The van der Waals surface area contributed by atoms with E-state index in [0.717, 1.165) is 18.0 Å². The van der Waals surface area contributed by atoms with Gasteiger partial charge in [0.2, 0.25) is 0 Å². The molecule has 1 heterocycles. The summed E-state index contributed by atoms with van der Waals surface area (Å²) in [5, 5.41) is 14.1. The lowest BCUT2D eigenvalue weighted by molar-refractivity contribution is 0.443. The molecule has 82 valence electrons. The molecule has 2 nitrogen and oxygen atoms in total. The van der Waals surface area contributed by atoms with Gasteiger partial charge in [-0.2, -0.15) is 5.26 Å². The Balaban J connectivity index is 2.34. The number of hydrogen-bond donors (Lipinski definition) is 1. The molecule has 1 N–H and O–H groups in total. The van der Waals surface area contributed by atoms with Crippen LogP contribution in [-0.4, -0.2) is 6.04 Å². The zero-order valence-electron chi connectivity index (χ0n) is 9.58. The molecule has 1 aromatic rings. The second-order valence-corrected chi connectivity index (χ2v) is 5.32. The molecule has 0 spiro atoms. The summed E-state index contributed by atoms with van der Waals surface area (Å²) >= 11 is 1.65. The zero-order chi connectivity index (χ0) is 11.3. The molecule has 0 aliphatic rings. The molecule has 0 aromatic carbocycles. The first-order chi connectivity index (χ1) is 7.11. The largest absolute Gasteiger partial charge is 0.309 e. The van der Waals surface area contributed by atoms with Crippen LogP contribution in [0.4, 0.5) is 0 Å². The topological polar surface area (TPSA) is 35.8 Å². The van der Waals surface area contributed by atoms with E-state index in [1.807, 2.05) is 11.4 Å². The van der Waals surface area contributed by atoms with Gasteiger partial charge in [-0.05, 0) is 25.3 Å². The van der Waals surface area contributed by atoms with Gasteiger partial charge in [-0.15, -0.1) is 11.3 Å². The quantitative estimate of drug-likeness (QED) is 0.830. The first-order valence-corrected chi connectivity index (χ1v) is 6.20. The Kier molecular flexibility index (Phi) is 4.80. The van der Waals surface area contributed by atoms with Crippen LogP contribution in [0.3, 0.4) is 0 Å². The number of nitrogens with one attached hydrogen (secondary N) is 1. The van der Waals surface area contributed by atoms with Crippen LogP contribution in [-0.2, 0) is 6.54 Å². The van der Waals surface area contributed by atoms with Gasteiger partial charge in [-0.3, -0.25) is 0 Å². The van der Waals surface area contributed by atoms with Crippen LogP contribution >= 0.6 is 11.3 Å². The molecule has 1 atom stereocenters. The third-order valence-corrected chi connectivity index (χ3v) is 3.17. The van der Waals surface area contributed by atoms with Crippen molar-refractivity contribution in [2.24, 2.45) is 5.92 Å². The minimum atomic E-state index is 0.539. The molecule has 0 saturated heterocycles. The van der Waals surface area contributed by atoms with Crippen LogP contribution in [0.25, 0.3) is 0 Å². The van der Waals surface area contributed by atoms with Gasteiger partial charge in [0.1, 0.15) is 6.07 Å². The molecule has 0 fully saturated rings. The first kappa shape index (κ1) is 12.2. The van der Waals surface area contributed by atoms with Crippen LogP contribution in [0.1, 0.15) is 37.6 Å². The summed E-state index contributed by atoms with van der Waals surface area (Å²) < 4.78 is 0. The van der Waals surface area contributed by atoms with Gasteiger partial charge in [0, 0.05) is 22.8 Å². The van der Waals surface area contributed by atoms with E-state index in [4.69, 9.17) is 5.26 Å². The Morgan fingerprint density at radius 2 is 2.20 bits per heavy atom. The molecular weight excluding hydrogens is 204 g/mol. The van der Waals surface area contributed by atoms with Gasteiger partial charge < -0.3 is 5.32 Å². The fourth-order valence-corrected chi connectivity index (χ4v) is 2.36. The van der Waals surface area contributed by atoms with Crippen molar-refractivity contribution < 1.29 is 0 Å². The van der Waals surface area contributed by atoms with Crippen LogP contribution < -0.4 is 5.32 Å². The molecule has 15 heavy (non-hydrogen) atoms. The van der Waals surface area contributed by atoms with E-state index in [-0.39, 0.29) is 0 Å². The predicted molar refractivity (Wildman–Crippen MR) is 64.8 cm³/mol. The lowest BCUT2D eigenvalue weighted by Crippen LogP contribution is -2.26. The number of nitriles is 1. The average Bonchev–Trinajstić information content (AvgIpc) is 2.61. The van der Waals surface area contributed by atoms with Crippen LogP contribution in [0.5, 0.6) is 0 Å². The SMILES string of the molecule is CC(C)CC(C)NCc1cc(C#N)cs1. The molecule has 0 saturated carbocycles. The smallest absolute Gasteiger partial charge is 0.100 e. The minimum absolute atomic E-state index is 0.539. The lowest BCUT2D eigenvalue weighted by atomic mass is 10.1. The molecule has 0 radical (unpaired) electrons. The standard InChI is InChI=1S/C12H18N2S/c1-9(2)4-10(3)14-7-12-5-11(6-13)8-15-12/h5,8-10,14H,4,7H2,1-3H3. The van der Waals surface area contributed by atoms with Gasteiger partial charge in [0.15, 0.2) is 0 Å². The maximum atomic E-state index is 8.68. The fraction of sp³-hybridized carbons (Fsp3) is 0.583. The normalized spacial score (nSPS) is 12.7. The minimum Gasteiger partial charge on any atom is -0.309 e. The van der Waals surface area contributed by atoms with Crippen molar-refractivity contribution >= 4 is 11.3 Å². The summed E-state index contributed by atoms with van der Waals surface area (Å²) in [6, 6.07) is 4.65. The van der Waals surface area contributed by atoms with Crippen molar-refractivity contribution in [3.8, 4) is 6.07 Å². The van der Waals surface area contributed by atoms with E-state index >= 15 is 0 Å². The zero-order valence-corrected chi connectivity index (χ0v) is 10.4. The summed E-state index contributed by atoms with van der Waals surface area (Å²) in [7, 11) is 0. The molecule has 1 aromatic heterocycles. The summed E-state index contributed by atoms with van der Waals surface area (Å²) in [6.07, 6.45) is 1.19. The van der Waals surface area contributed by atoms with Crippen molar-refractivity contribution in [3.63, 3.8) is 0 Å². The highest BCUT2D eigenvalue weighted by molar-refractivity contribution is 7.10. The van der Waals surface area contributed by atoms with Gasteiger partial charge in [-0.25, -0.2) is 0 Å². The monoisotopic (exact) mass is 222 g/mol. The van der Waals surface area contributed by atoms with Crippen LogP contribution in [0.15, 0.2) is 11.4 Å². The van der Waals surface area contributed by atoms with E-state index in [1.165, 1.54) is 11.3 Å². The molecule has 0 amide bonds. The van der Waals surface area contributed by atoms with Gasteiger partial charge in [-0.1, -0.05) is 13.8 Å². The van der Waals surface area contributed by atoms with Gasteiger partial charge >= 0.3 is 0 Å². The molecular formula is C12H18N2S. The van der Waals surface area contributed by atoms with Crippen molar-refractivity contribution in [3.05, 3.63) is 21.9 Å². The Labute approximate surface area is 95.9 Å². The Bertz CT molecular complexity index is 336. The van der Waals surface area contributed by atoms with E-state index in [9.17, 15) is 0 Å². The number of rotatable bonds is 5. The summed E-state index contributed by atoms with van der Waals surface area (Å²) in [5.41, 5.74) is 0.772. The average molecular weight is 222 g/mol. The van der Waals surface area contributed by atoms with Gasteiger partial charge in [0.25, 0.3) is 0 Å². The van der Waals surface area contributed by atoms with Crippen molar-refractivity contribution in [1.29, 1.82) is 5.26 Å². The molecule has 0 aliphatic heterocycles. The van der Waals surface area contributed by atoms with E-state index < -0.39 is 0 Å². The molecule has 3 heteroatoms. The molecule has 1 unspecified atom stereocenters. The Hall–Kier alpha value is -0.850. The third kappa shape index (κ3) is 4.46. The lowest BCUT2D eigenvalue weighted by Gasteiger charge is -2.14. The summed E-state index contributed by atoms with van der Waals surface area (Å²) in [4.78, 5) is 1.24. The summed E-state index contributed by atoms with van der Waals surface area (Å²) in [6.45, 7) is 7.55. The van der Waals surface area contributed by atoms with Crippen molar-refractivity contribution in [2.75, 3.05) is 0 Å². The molecule has 0 aliphatic carbocycles. The van der Waals surface area contributed by atoms with E-state index in [1.54, 1.807) is 11.3 Å². The third-order valence-electron chi connectivity index (χ3n) is 2.23. The van der Waals surface area contributed by atoms with Gasteiger partial charge in [0.05, 0.1) is 5.56 Å². The Morgan fingerprint density at radius 1 is 1.47 bits per heavy atom. The number of nitrogens with zero attached hydrogens (tertiary/aromatic N) is 1.